The smallest absolute Gasteiger partial charge is 0.191 e. The van der Waals surface area contributed by atoms with E-state index in [4.69, 9.17) is 4.74 Å². The summed E-state index contributed by atoms with van der Waals surface area (Å²) in [5.41, 5.74) is 5.18. The molecule has 0 amide bonds. The third-order valence-corrected chi connectivity index (χ3v) is 6.33. The van der Waals surface area contributed by atoms with Crippen LogP contribution in [0, 0.1) is 0 Å². The summed E-state index contributed by atoms with van der Waals surface area (Å²) in [6, 6.07) is 17.7. The van der Waals surface area contributed by atoms with Gasteiger partial charge in [-0.1, -0.05) is 42.8 Å². The van der Waals surface area contributed by atoms with Crippen molar-refractivity contribution in [2.75, 3.05) is 51.3 Å². The van der Waals surface area contributed by atoms with Crippen LogP contribution < -0.4 is 15.5 Å². The molecule has 2 aliphatic rings. The normalized spacial score (nSPS) is 17.9. The lowest BCUT2D eigenvalue weighted by Crippen LogP contribution is -2.36. The highest BCUT2D eigenvalue weighted by Crippen LogP contribution is 2.17. The largest absolute Gasteiger partial charge is 0.378 e. The van der Waals surface area contributed by atoms with Crippen molar-refractivity contribution in [1.82, 2.24) is 15.5 Å². The Balaban J connectivity index is 1.20. The van der Waals surface area contributed by atoms with Crippen molar-refractivity contribution >= 4 is 11.6 Å². The van der Waals surface area contributed by atoms with E-state index in [1.807, 2.05) is 7.05 Å². The van der Waals surface area contributed by atoms with Crippen LogP contribution in [0.1, 0.15) is 36.0 Å². The number of likely N-dealkylation sites (tertiary alicyclic amines) is 1. The summed E-state index contributed by atoms with van der Waals surface area (Å²) in [4.78, 5) is 9.31. The zero-order valence-electron chi connectivity index (χ0n) is 19.4. The van der Waals surface area contributed by atoms with E-state index in [-0.39, 0.29) is 0 Å². The monoisotopic (exact) mass is 435 g/mol. The number of nitrogens with one attached hydrogen (secondary N) is 2. The molecule has 2 aromatic carbocycles. The van der Waals surface area contributed by atoms with E-state index < -0.39 is 0 Å². The highest BCUT2D eigenvalue weighted by Gasteiger charge is 2.11. The van der Waals surface area contributed by atoms with Gasteiger partial charge >= 0.3 is 0 Å². The maximum absolute atomic E-state index is 5.44. The molecular weight excluding hydrogens is 398 g/mol. The number of aliphatic imine (C=N–C) groups is 1. The first-order valence-corrected chi connectivity index (χ1v) is 12.0. The third-order valence-electron chi connectivity index (χ3n) is 6.33. The first-order valence-electron chi connectivity index (χ1n) is 12.0. The highest BCUT2D eigenvalue weighted by atomic mass is 16.5. The summed E-state index contributed by atoms with van der Waals surface area (Å²) in [6.07, 6.45) is 4.06. The van der Waals surface area contributed by atoms with Gasteiger partial charge in [-0.05, 0) is 54.8 Å². The van der Waals surface area contributed by atoms with E-state index in [1.54, 1.807) is 0 Å². The van der Waals surface area contributed by atoms with Crippen LogP contribution in [0.25, 0.3) is 0 Å². The topological polar surface area (TPSA) is 52.1 Å². The van der Waals surface area contributed by atoms with Crippen molar-refractivity contribution in [2.45, 2.75) is 38.9 Å². The van der Waals surface area contributed by atoms with Crippen LogP contribution in [0.4, 0.5) is 5.69 Å². The molecule has 6 nitrogen and oxygen atoms in total. The quantitative estimate of drug-likeness (QED) is 0.516. The van der Waals surface area contributed by atoms with Gasteiger partial charge in [0.15, 0.2) is 5.96 Å². The fourth-order valence-electron chi connectivity index (χ4n) is 4.38. The number of ether oxygens (including phenoxy) is 1. The van der Waals surface area contributed by atoms with Gasteiger partial charge in [-0.25, -0.2) is 0 Å². The number of anilines is 1. The second-order valence-electron chi connectivity index (χ2n) is 8.70. The maximum Gasteiger partial charge on any atom is 0.191 e. The van der Waals surface area contributed by atoms with Gasteiger partial charge in [-0.3, -0.25) is 9.89 Å². The average Bonchev–Trinajstić information content (AvgIpc) is 2.86. The number of morpholine rings is 1. The standard InChI is InChI=1S/C26H37N5O/c1-27-26(29-20-23-9-11-25(12-10-23)31-15-17-32-18-16-31)28-19-22-5-7-24(8-6-22)21-30-13-3-2-4-14-30/h5-12H,2-4,13-21H2,1H3,(H2,27,28,29). The Labute approximate surface area is 192 Å². The highest BCUT2D eigenvalue weighted by molar-refractivity contribution is 5.79. The van der Waals surface area contributed by atoms with Crippen molar-refractivity contribution in [3.05, 3.63) is 65.2 Å². The van der Waals surface area contributed by atoms with Gasteiger partial charge in [0.05, 0.1) is 13.2 Å². The number of hydrogen-bond donors (Lipinski definition) is 2. The van der Waals surface area contributed by atoms with Crippen molar-refractivity contribution in [3.63, 3.8) is 0 Å². The molecule has 0 unspecified atom stereocenters. The predicted molar refractivity (Wildman–Crippen MR) is 132 cm³/mol. The molecule has 32 heavy (non-hydrogen) atoms. The van der Waals surface area contributed by atoms with Crippen LogP contribution in [0.3, 0.4) is 0 Å². The number of hydrogen-bond acceptors (Lipinski definition) is 4. The van der Waals surface area contributed by atoms with Gasteiger partial charge in [0.25, 0.3) is 0 Å². The summed E-state index contributed by atoms with van der Waals surface area (Å²) in [5.74, 6) is 0.819. The Hall–Kier alpha value is -2.57. The zero-order chi connectivity index (χ0) is 22.0. The molecule has 2 aliphatic heterocycles. The fourth-order valence-corrected chi connectivity index (χ4v) is 4.38. The summed E-state index contributed by atoms with van der Waals surface area (Å²) in [5, 5.41) is 6.85. The minimum Gasteiger partial charge on any atom is -0.378 e. The summed E-state index contributed by atoms with van der Waals surface area (Å²) >= 11 is 0. The van der Waals surface area contributed by atoms with E-state index in [1.165, 1.54) is 54.7 Å². The molecule has 2 fully saturated rings. The predicted octanol–water partition coefficient (Wildman–Crippen LogP) is 3.37. The third kappa shape index (κ3) is 6.71. The van der Waals surface area contributed by atoms with Crippen LogP contribution >= 0.6 is 0 Å². The Bertz CT molecular complexity index is 838. The molecular formula is C26H37N5O. The molecule has 0 spiro atoms. The first kappa shape index (κ1) is 22.6. The second kappa shape index (κ2) is 11.9. The first-order chi connectivity index (χ1) is 15.8. The van der Waals surface area contributed by atoms with E-state index in [9.17, 15) is 0 Å². The van der Waals surface area contributed by atoms with Crippen molar-refractivity contribution in [1.29, 1.82) is 0 Å². The summed E-state index contributed by atoms with van der Waals surface area (Å²) in [7, 11) is 1.82. The second-order valence-corrected chi connectivity index (χ2v) is 8.70. The molecule has 4 rings (SSSR count). The Morgan fingerprint density at radius 2 is 1.34 bits per heavy atom. The molecule has 172 valence electrons. The van der Waals surface area contributed by atoms with Crippen molar-refractivity contribution in [2.24, 2.45) is 4.99 Å². The zero-order valence-corrected chi connectivity index (χ0v) is 19.4. The molecule has 2 saturated heterocycles. The summed E-state index contributed by atoms with van der Waals surface area (Å²) < 4.78 is 5.44. The number of guanidine groups is 1. The van der Waals surface area contributed by atoms with Crippen LogP contribution in [0.15, 0.2) is 53.5 Å². The van der Waals surface area contributed by atoms with Crippen molar-refractivity contribution < 1.29 is 4.74 Å². The van der Waals surface area contributed by atoms with E-state index >= 15 is 0 Å². The molecule has 0 saturated carbocycles. The van der Waals surface area contributed by atoms with Crippen LogP contribution in [0.5, 0.6) is 0 Å². The molecule has 2 aromatic rings. The minimum atomic E-state index is 0.748. The average molecular weight is 436 g/mol. The van der Waals surface area contributed by atoms with Gasteiger partial charge in [0, 0.05) is 45.5 Å². The number of piperidine rings is 1. The number of nitrogens with zero attached hydrogens (tertiary/aromatic N) is 3. The van der Waals surface area contributed by atoms with Gasteiger partial charge in [-0.2, -0.15) is 0 Å². The van der Waals surface area contributed by atoms with E-state index in [2.05, 4.69) is 74.0 Å². The van der Waals surface area contributed by atoms with Crippen LogP contribution in [0.2, 0.25) is 0 Å². The van der Waals surface area contributed by atoms with Crippen LogP contribution in [-0.4, -0.2) is 57.3 Å². The molecule has 0 atom stereocenters. The molecule has 0 aliphatic carbocycles. The Morgan fingerprint density at radius 3 is 1.94 bits per heavy atom. The lowest BCUT2D eigenvalue weighted by molar-refractivity contribution is 0.122. The van der Waals surface area contributed by atoms with Crippen molar-refractivity contribution in [3.8, 4) is 0 Å². The molecule has 6 heteroatoms. The molecule has 2 heterocycles. The van der Waals surface area contributed by atoms with Gasteiger partial charge in [-0.15, -0.1) is 0 Å². The Morgan fingerprint density at radius 1 is 0.781 bits per heavy atom. The molecule has 0 bridgehead atoms. The minimum absolute atomic E-state index is 0.748. The lowest BCUT2D eigenvalue weighted by atomic mass is 10.1. The van der Waals surface area contributed by atoms with Gasteiger partial charge < -0.3 is 20.3 Å². The number of rotatable bonds is 7. The van der Waals surface area contributed by atoms with Gasteiger partial charge in [0.1, 0.15) is 0 Å². The molecule has 0 aromatic heterocycles. The fraction of sp³-hybridized carbons (Fsp3) is 0.500. The van der Waals surface area contributed by atoms with Crippen LogP contribution in [-0.2, 0) is 24.4 Å². The Kier molecular flexibility index (Phi) is 8.40. The summed E-state index contributed by atoms with van der Waals surface area (Å²) in [6.45, 7) is 8.61. The van der Waals surface area contributed by atoms with E-state index in [0.29, 0.717) is 0 Å². The SMILES string of the molecule is CN=C(NCc1ccc(CN2CCCCC2)cc1)NCc1ccc(N2CCOCC2)cc1. The number of benzene rings is 2. The molecule has 0 radical (unpaired) electrons. The maximum atomic E-state index is 5.44. The van der Waals surface area contributed by atoms with Gasteiger partial charge in [0.2, 0.25) is 0 Å². The molecule has 2 N–H and O–H groups in total. The lowest BCUT2D eigenvalue weighted by Gasteiger charge is -2.28. The van der Waals surface area contributed by atoms with E-state index in [0.717, 1.165) is 51.9 Å².